The molecule has 0 radical (unpaired) electrons. The molecule has 2 aromatic carbocycles. The van der Waals surface area contributed by atoms with Gasteiger partial charge in [-0.2, -0.15) is 0 Å². The van der Waals surface area contributed by atoms with Crippen molar-refractivity contribution in [2.75, 3.05) is 36.4 Å². The second-order valence-electron chi connectivity index (χ2n) is 7.89. The van der Waals surface area contributed by atoms with E-state index in [0.717, 1.165) is 37.4 Å². The highest BCUT2D eigenvalue weighted by Gasteiger charge is 2.12. The summed E-state index contributed by atoms with van der Waals surface area (Å²) in [5.74, 6) is -0.0942. The van der Waals surface area contributed by atoms with Crippen molar-refractivity contribution < 1.29 is 14.3 Å². The third-order valence-corrected chi connectivity index (χ3v) is 4.42. The van der Waals surface area contributed by atoms with E-state index in [4.69, 9.17) is 0 Å². The van der Waals surface area contributed by atoms with E-state index < -0.39 is 0 Å². The summed E-state index contributed by atoms with van der Waals surface area (Å²) in [5.41, 5.74) is 3.33. The first kappa shape index (κ1) is 23.2. The van der Waals surface area contributed by atoms with Gasteiger partial charge in [0.25, 0.3) is 12.4 Å². The van der Waals surface area contributed by atoms with Crippen LogP contribution in [0.2, 0.25) is 0 Å². The van der Waals surface area contributed by atoms with Gasteiger partial charge in [0, 0.05) is 43.1 Å². The third-order valence-electron chi connectivity index (χ3n) is 4.42. The van der Waals surface area contributed by atoms with Crippen LogP contribution >= 0.6 is 0 Å². The van der Waals surface area contributed by atoms with Crippen LogP contribution in [0, 0.1) is 0 Å². The molecular formula is C24H31N3O3. The third kappa shape index (κ3) is 7.72. The molecule has 6 nitrogen and oxygen atoms in total. The normalized spacial score (nSPS) is 13.5. The van der Waals surface area contributed by atoms with Gasteiger partial charge in [-0.1, -0.05) is 24.8 Å². The van der Waals surface area contributed by atoms with Gasteiger partial charge in [0.15, 0.2) is 0 Å². The second-order valence-corrected chi connectivity index (χ2v) is 7.89. The van der Waals surface area contributed by atoms with Gasteiger partial charge in [0.2, 0.25) is 0 Å². The maximum atomic E-state index is 12.3. The van der Waals surface area contributed by atoms with Crippen LogP contribution in [0.4, 0.5) is 11.4 Å². The molecule has 160 valence electrons. The van der Waals surface area contributed by atoms with Crippen molar-refractivity contribution in [1.29, 1.82) is 0 Å². The molecule has 2 aromatic rings. The molecule has 1 amide bonds. The lowest BCUT2D eigenvalue weighted by Crippen LogP contribution is -2.43. The lowest BCUT2D eigenvalue weighted by molar-refractivity contribution is -0.138. The molecule has 30 heavy (non-hydrogen) atoms. The Balaban J connectivity index is 0.000000396. The van der Waals surface area contributed by atoms with Crippen molar-refractivity contribution in [2.24, 2.45) is 0 Å². The zero-order chi connectivity index (χ0) is 22.0. The highest BCUT2D eigenvalue weighted by Crippen LogP contribution is 2.17. The Morgan fingerprint density at radius 2 is 1.67 bits per heavy atom. The zero-order valence-corrected chi connectivity index (χ0v) is 18.0. The second kappa shape index (κ2) is 11.2. The van der Waals surface area contributed by atoms with Crippen LogP contribution in [0.25, 0.3) is 6.08 Å². The minimum Gasteiger partial charge on any atom is -0.462 e. The van der Waals surface area contributed by atoms with Gasteiger partial charge < -0.3 is 20.3 Å². The van der Waals surface area contributed by atoms with Crippen LogP contribution in [-0.4, -0.2) is 44.2 Å². The quantitative estimate of drug-likeness (QED) is 0.732. The number of hydrogen-bond acceptors (Lipinski definition) is 5. The molecule has 1 fully saturated rings. The summed E-state index contributed by atoms with van der Waals surface area (Å²) < 4.78 is 4.55. The molecule has 0 aromatic heterocycles. The van der Waals surface area contributed by atoms with Crippen LogP contribution in [0.1, 0.15) is 36.7 Å². The van der Waals surface area contributed by atoms with Gasteiger partial charge in [-0.05, 0) is 62.7 Å². The van der Waals surface area contributed by atoms with E-state index in [9.17, 15) is 9.59 Å². The smallest absolute Gasteiger partial charge is 0.293 e. The molecule has 0 atom stereocenters. The predicted molar refractivity (Wildman–Crippen MR) is 123 cm³/mol. The topological polar surface area (TPSA) is 70.7 Å². The summed E-state index contributed by atoms with van der Waals surface area (Å²) in [6, 6.07) is 15.4. The molecular weight excluding hydrogens is 378 g/mol. The first-order chi connectivity index (χ1) is 14.3. The molecule has 1 heterocycles. The number of hydrogen-bond donors (Lipinski definition) is 2. The SMILES string of the molecule is C=Cc1ccc(NC(=O)c2ccc(N3CCNCC3)cc2)cc1.CC(C)(C)OC=O. The molecule has 3 rings (SSSR count). The number of nitrogens with zero attached hydrogens (tertiary/aromatic N) is 1. The Morgan fingerprint density at radius 1 is 1.07 bits per heavy atom. The Labute approximate surface area is 178 Å². The molecule has 0 aliphatic carbocycles. The number of ether oxygens (including phenoxy) is 1. The molecule has 0 unspecified atom stereocenters. The van der Waals surface area contributed by atoms with Gasteiger partial charge in [-0.25, -0.2) is 0 Å². The summed E-state index contributed by atoms with van der Waals surface area (Å²) >= 11 is 0. The highest BCUT2D eigenvalue weighted by molar-refractivity contribution is 6.04. The van der Waals surface area contributed by atoms with Crippen molar-refractivity contribution >= 4 is 29.8 Å². The first-order valence-corrected chi connectivity index (χ1v) is 10.0. The van der Waals surface area contributed by atoms with Gasteiger partial charge in [-0.15, -0.1) is 0 Å². The highest BCUT2D eigenvalue weighted by atomic mass is 16.5. The summed E-state index contributed by atoms with van der Waals surface area (Å²) in [5, 5.41) is 6.25. The van der Waals surface area contributed by atoms with Crippen LogP contribution < -0.4 is 15.5 Å². The molecule has 1 saturated heterocycles. The van der Waals surface area contributed by atoms with Gasteiger partial charge in [0.1, 0.15) is 5.60 Å². The minimum atomic E-state index is -0.318. The lowest BCUT2D eigenvalue weighted by atomic mass is 10.1. The van der Waals surface area contributed by atoms with E-state index in [1.54, 1.807) is 6.08 Å². The maximum absolute atomic E-state index is 12.3. The van der Waals surface area contributed by atoms with E-state index in [0.29, 0.717) is 12.0 Å². The number of anilines is 2. The van der Waals surface area contributed by atoms with Crippen LogP contribution in [0.3, 0.4) is 0 Å². The van der Waals surface area contributed by atoms with Gasteiger partial charge in [-0.3, -0.25) is 9.59 Å². The van der Waals surface area contributed by atoms with E-state index in [-0.39, 0.29) is 11.5 Å². The van der Waals surface area contributed by atoms with Gasteiger partial charge >= 0.3 is 0 Å². The monoisotopic (exact) mass is 409 g/mol. The fourth-order valence-electron chi connectivity index (χ4n) is 2.80. The fraction of sp³-hybridized carbons (Fsp3) is 0.333. The van der Waals surface area contributed by atoms with E-state index in [2.05, 4.69) is 26.8 Å². The van der Waals surface area contributed by atoms with E-state index in [1.165, 1.54) is 5.69 Å². The number of benzene rings is 2. The summed E-state index contributed by atoms with van der Waals surface area (Å²) in [4.78, 5) is 24.2. The Hall–Kier alpha value is -3.12. The molecule has 0 bridgehead atoms. The lowest BCUT2D eigenvalue weighted by Gasteiger charge is -2.29. The number of amides is 1. The van der Waals surface area contributed by atoms with Crippen LogP contribution in [0.5, 0.6) is 0 Å². The average molecular weight is 410 g/mol. The first-order valence-electron chi connectivity index (χ1n) is 10.0. The maximum Gasteiger partial charge on any atom is 0.293 e. The molecule has 0 spiro atoms. The summed E-state index contributed by atoms with van der Waals surface area (Å²) in [6.07, 6.45) is 1.78. The summed E-state index contributed by atoms with van der Waals surface area (Å²) in [6.45, 7) is 13.6. The largest absolute Gasteiger partial charge is 0.462 e. The van der Waals surface area contributed by atoms with Crippen LogP contribution in [-0.2, 0) is 9.53 Å². The fourth-order valence-corrected chi connectivity index (χ4v) is 2.80. The molecule has 6 heteroatoms. The van der Waals surface area contributed by atoms with Crippen molar-refractivity contribution in [3.8, 4) is 0 Å². The average Bonchev–Trinajstić information content (AvgIpc) is 2.74. The molecule has 2 N–H and O–H groups in total. The minimum absolute atomic E-state index is 0.0942. The number of carbonyl (C=O) groups is 2. The zero-order valence-electron chi connectivity index (χ0n) is 18.0. The number of nitrogens with one attached hydrogen (secondary N) is 2. The van der Waals surface area contributed by atoms with Crippen molar-refractivity contribution in [3.05, 3.63) is 66.2 Å². The molecule has 1 aliphatic rings. The van der Waals surface area contributed by atoms with E-state index >= 15 is 0 Å². The number of rotatable bonds is 5. The molecule has 1 aliphatic heterocycles. The molecule has 0 saturated carbocycles. The number of carbonyl (C=O) groups excluding carboxylic acids is 2. The Bertz CT molecular complexity index is 818. The van der Waals surface area contributed by atoms with Gasteiger partial charge in [0.05, 0.1) is 0 Å². The van der Waals surface area contributed by atoms with E-state index in [1.807, 2.05) is 69.3 Å². The van der Waals surface area contributed by atoms with Crippen molar-refractivity contribution in [2.45, 2.75) is 26.4 Å². The van der Waals surface area contributed by atoms with Crippen molar-refractivity contribution in [3.63, 3.8) is 0 Å². The predicted octanol–water partition coefficient (Wildman–Crippen LogP) is 3.95. The Kier molecular flexibility index (Phi) is 8.62. The Morgan fingerprint density at radius 3 is 2.13 bits per heavy atom. The summed E-state index contributed by atoms with van der Waals surface area (Å²) in [7, 11) is 0. The van der Waals surface area contributed by atoms with Crippen molar-refractivity contribution in [1.82, 2.24) is 5.32 Å². The standard InChI is InChI=1S/C19H21N3O.C5H10O2/c1-2-15-3-7-17(8-4-15)21-19(23)16-5-9-18(10-6-16)22-13-11-20-12-14-22;1-5(2,3)7-4-6/h2-10,20H,1,11-14H2,(H,21,23);4H,1-3H3. The number of piperazine rings is 1. The van der Waals surface area contributed by atoms with Crippen LogP contribution in [0.15, 0.2) is 55.1 Å².